The fourth-order valence-electron chi connectivity index (χ4n) is 6.01. The molecule has 0 aliphatic heterocycles. The van der Waals surface area contributed by atoms with Gasteiger partial charge in [0.25, 0.3) is 0 Å². The van der Waals surface area contributed by atoms with E-state index in [-0.39, 0.29) is 0 Å². The van der Waals surface area contributed by atoms with Gasteiger partial charge in [-0.1, -0.05) is 194 Å². The Morgan fingerprint density at radius 3 is 0.776 bits per heavy atom. The van der Waals surface area contributed by atoms with E-state index in [2.05, 4.69) is 51.8 Å². The number of unbranched alkanes of at least 4 members (excludes halogenated alkanes) is 30. The molecule has 352 valence electrons. The third kappa shape index (κ3) is 90.9. The normalized spacial score (nSPS) is 10.2. The number of hydrogen-bond donors (Lipinski definition) is 7. The molecule has 0 heterocycles. The van der Waals surface area contributed by atoms with Gasteiger partial charge in [-0.05, 0) is 69.4 Å². The third-order valence-electron chi connectivity index (χ3n) is 9.75. The summed E-state index contributed by atoms with van der Waals surface area (Å²) in [7, 11) is 0. The SMILES string of the molecule is CCCCCCCCCCCC(=O)O.CCCCCCCCCCCC(=O)O.CCCCCCCCCCCC(=O)O.NCCCCCCS.[NH3+]CCCCCCS. The number of carbonyl (C=O) groups is 3. The largest absolute Gasteiger partial charge is 0.481 e. The number of rotatable bonds is 40. The lowest BCUT2D eigenvalue weighted by Crippen LogP contribution is -2.50. The number of thiol groups is 2. The van der Waals surface area contributed by atoms with Crippen LogP contribution in [0.15, 0.2) is 0 Å². The molecule has 0 saturated carbocycles. The van der Waals surface area contributed by atoms with Crippen LogP contribution >= 0.6 is 25.3 Å². The van der Waals surface area contributed by atoms with E-state index in [0.717, 1.165) is 63.1 Å². The first kappa shape index (κ1) is 66.1. The maximum Gasteiger partial charge on any atom is 0.303 e. The van der Waals surface area contributed by atoms with Crippen molar-refractivity contribution in [2.75, 3.05) is 24.6 Å². The van der Waals surface area contributed by atoms with Crippen LogP contribution in [0, 0.1) is 0 Å². The van der Waals surface area contributed by atoms with Crippen molar-refractivity contribution in [3.63, 3.8) is 0 Å². The highest BCUT2D eigenvalue weighted by atomic mass is 32.1. The summed E-state index contributed by atoms with van der Waals surface area (Å²) in [5.74, 6) is 0.0793. The molecule has 0 amide bonds. The van der Waals surface area contributed by atoms with E-state index >= 15 is 0 Å². The first-order valence-electron chi connectivity index (χ1n) is 24.5. The molecular weight excluding hydrogens is 765 g/mol. The summed E-state index contributed by atoms with van der Waals surface area (Å²) in [4.78, 5) is 30.6. The van der Waals surface area contributed by atoms with E-state index in [1.54, 1.807) is 0 Å². The zero-order valence-corrected chi connectivity index (χ0v) is 40.7. The fraction of sp³-hybridized carbons (Fsp3) is 0.938. The van der Waals surface area contributed by atoms with Gasteiger partial charge in [0, 0.05) is 19.3 Å². The quantitative estimate of drug-likeness (QED) is 0.0238. The number of nitrogens with two attached hydrogens (primary N) is 1. The Balaban J connectivity index is -0.000000206. The average molecular weight is 868 g/mol. The van der Waals surface area contributed by atoms with Crippen LogP contribution in [0.1, 0.15) is 265 Å². The number of quaternary nitrogens is 1. The summed E-state index contributed by atoms with van der Waals surface area (Å²) < 4.78 is 0. The molecule has 0 bridgehead atoms. The number of carboxylic acid groups (broad SMARTS) is 3. The summed E-state index contributed by atoms with van der Waals surface area (Å²) in [6, 6.07) is 0. The van der Waals surface area contributed by atoms with Gasteiger partial charge in [0.05, 0.1) is 6.54 Å². The topological polar surface area (TPSA) is 166 Å². The molecule has 10 heteroatoms. The van der Waals surface area contributed by atoms with E-state index in [1.165, 1.54) is 186 Å². The molecule has 0 aromatic rings. The molecule has 58 heavy (non-hydrogen) atoms. The van der Waals surface area contributed by atoms with E-state index in [0.29, 0.717) is 19.3 Å². The Kier molecular flexibility index (Phi) is 77.3. The molecule has 0 radical (unpaired) electrons. The molecule has 0 aliphatic carbocycles. The van der Waals surface area contributed by atoms with E-state index in [9.17, 15) is 14.4 Å². The van der Waals surface area contributed by atoms with Gasteiger partial charge < -0.3 is 26.8 Å². The van der Waals surface area contributed by atoms with Gasteiger partial charge in [0.15, 0.2) is 0 Å². The fourth-order valence-corrected chi connectivity index (χ4v) is 6.46. The van der Waals surface area contributed by atoms with Gasteiger partial charge in [-0.3, -0.25) is 14.4 Å². The molecule has 0 aliphatic rings. The van der Waals surface area contributed by atoms with Crippen molar-refractivity contribution in [1.82, 2.24) is 0 Å². The van der Waals surface area contributed by atoms with Crippen LogP contribution in [0.3, 0.4) is 0 Å². The predicted molar refractivity (Wildman–Crippen MR) is 260 cm³/mol. The van der Waals surface area contributed by atoms with Crippen LogP contribution in [0.2, 0.25) is 0 Å². The van der Waals surface area contributed by atoms with Crippen LogP contribution < -0.4 is 11.5 Å². The highest BCUT2D eigenvalue weighted by molar-refractivity contribution is 7.80. The van der Waals surface area contributed by atoms with Gasteiger partial charge >= 0.3 is 17.9 Å². The summed E-state index contributed by atoms with van der Waals surface area (Å²) in [6.07, 6.45) is 44.6. The first-order chi connectivity index (χ1) is 28.1. The number of aliphatic carboxylic acids is 3. The second-order valence-corrected chi connectivity index (χ2v) is 16.7. The Hall–Kier alpha value is -0.970. The highest BCUT2D eigenvalue weighted by Gasteiger charge is 1.98. The molecule has 0 aromatic carbocycles. The Bertz CT molecular complexity index is 649. The Labute approximate surface area is 372 Å². The minimum atomic E-state index is -0.659. The van der Waals surface area contributed by atoms with Gasteiger partial charge in [-0.15, -0.1) is 0 Å². The standard InChI is InChI=1S/3C12H24O2.2C6H15NS/c3*1-2-3-4-5-6-7-8-9-10-11-12(13)14;2*7-5-3-1-2-4-6-8/h3*2-11H2,1H3,(H,13,14);2*8H,1-7H2/p+1. The minimum absolute atomic E-state index is 0.343. The Morgan fingerprint density at radius 1 is 0.362 bits per heavy atom. The lowest BCUT2D eigenvalue weighted by molar-refractivity contribution is -0.368. The molecule has 0 unspecified atom stereocenters. The summed E-state index contributed by atoms with van der Waals surface area (Å²) in [6.45, 7) is 8.61. The zero-order valence-electron chi connectivity index (χ0n) is 38.9. The lowest BCUT2D eigenvalue weighted by atomic mass is 10.1. The molecule has 0 aromatic heterocycles. The van der Waals surface area contributed by atoms with Crippen molar-refractivity contribution < 1.29 is 35.4 Å². The lowest BCUT2D eigenvalue weighted by Gasteiger charge is -2.00. The van der Waals surface area contributed by atoms with Crippen molar-refractivity contribution in [1.29, 1.82) is 0 Å². The smallest absolute Gasteiger partial charge is 0.303 e. The Morgan fingerprint density at radius 2 is 0.569 bits per heavy atom. The van der Waals surface area contributed by atoms with Crippen LogP contribution in [-0.2, 0) is 14.4 Å². The minimum Gasteiger partial charge on any atom is -0.481 e. The monoisotopic (exact) mass is 868 g/mol. The molecule has 0 atom stereocenters. The second-order valence-electron chi connectivity index (χ2n) is 15.8. The van der Waals surface area contributed by atoms with Gasteiger partial charge in [0.2, 0.25) is 0 Å². The van der Waals surface area contributed by atoms with Crippen LogP contribution in [-0.4, -0.2) is 57.8 Å². The summed E-state index contributed by atoms with van der Waals surface area (Å²) >= 11 is 8.20. The first-order valence-corrected chi connectivity index (χ1v) is 25.8. The zero-order chi connectivity index (χ0) is 44.4. The van der Waals surface area contributed by atoms with Crippen molar-refractivity contribution in [2.45, 2.75) is 265 Å². The van der Waals surface area contributed by atoms with Crippen molar-refractivity contribution in [2.24, 2.45) is 5.73 Å². The molecular formula is C48H103N2O6S2+. The predicted octanol–water partition coefficient (Wildman–Crippen LogP) is 14.1. The van der Waals surface area contributed by atoms with Crippen molar-refractivity contribution in [3.05, 3.63) is 0 Å². The molecule has 0 spiro atoms. The summed E-state index contributed by atoms with van der Waals surface area (Å²) in [5.41, 5.74) is 9.06. The highest BCUT2D eigenvalue weighted by Crippen LogP contribution is 2.12. The third-order valence-corrected chi connectivity index (χ3v) is 10.4. The van der Waals surface area contributed by atoms with Crippen LogP contribution in [0.5, 0.6) is 0 Å². The number of carboxylic acids is 3. The van der Waals surface area contributed by atoms with Crippen LogP contribution in [0.25, 0.3) is 0 Å². The number of hydrogen-bond acceptors (Lipinski definition) is 6. The molecule has 0 saturated heterocycles. The van der Waals surface area contributed by atoms with E-state index in [4.69, 9.17) is 21.1 Å². The maximum atomic E-state index is 10.2. The van der Waals surface area contributed by atoms with Gasteiger partial charge in [-0.2, -0.15) is 25.3 Å². The van der Waals surface area contributed by atoms with Gasteiger partial charge in [0.1, 0.15) is 0 Å². The van der Waals surface area contributed by atoms with Gasteiger partial charge in [-0.25, -0.2) is 0 Å². The van der Waals surface area contributed by atoms with Crippen molar-refractivity contribution >= 4 is 43.2 Å². The van der Waals surface area contributed by atoms with E-state index < -0.39 is 17.9 Å². The molecule has 0 rings (SSSR count). The molecule has 8 nitrogen and oxygen atoms in total. The average Bonchev–Trinajstić information content (AvgIpc) is 3.20. The van der Waals surface area contributed by atoms with E-state index in [1.807, 2.05) is 0 Å². The van der Waals surface area contributed by atoms with Crippen molar-refractivity contribution in [3.8, 4) is 0 Å². The maximum absolute atomic E-state index is 10.2. The molecule has 8 N–H and O–H groups in total. The second kappa shape index (κ2) is 67.8. The molecule has 0 fully saturated rings. The summed E-state index contributed by atoms with van der Waals surface area (Å²) in [5, 5.41) is 25.2. The van der Waals surface area contributed by atoms with Crippen LogP contribution in [0.4, 0.5) is 0 Å².